The van der Waals surface area contributed by atoms with Crippen molar-refractivity contribution in [3.8, 4) is 0 Å². The molecule has 3 nitrogen and oxygen atoms in total. The van der Waals surface area contributed by atoms with Crippen LogP contribution < -0.4 is 10.2 Å². The van der Waals surface area contributed by atoms with Crippen LogP contribution >= 0.6 is 11.8 Å². The molecule has 1 saturated heterocycles. The van der Waals surface area contributed by atoms with Gasteiger partial charge in [-0.2, -0.15) is 11.8 Å². The van der Waals surface area contributed by atoms with E-state index in [2.05, 4.69) is 47.6 Å². The lowest BCUT2D eigenvalue weighted by molar-refractivity contribution is 0.676. The van der Waals surface area contributed by atoms with Gasteiger partial charge in [-0.15, -0.1) is 0 Å². The van der Waals surface area contributed by atoms with Crippen molar-refractivity contribution in [3.63, 3.8) is 0 Å². The molecule has 2 heterocycles. The number of hydrogen-bond acceptors (Lipinski definition) is 4. The molecule has 2 aromatic rings. The third-order valence-electron chi connectivity index (χ3n) is 3.91. The molecule has 0 aliphatic carbocycles. The highest BCUT2D eigenvalue weighted by molar-refractivity contribution is 7.99. The Morgan fingerprint density at radius 2 is 1.95 bits per heavy atom. The Bertz CT molecular complexity index is 594. The highest BCUT2D eigenvalue weighted by Crippen LogP contribution is 2.28. The van der Waals surface area contributed by atoms with Crippen LogP contribution in [0, 0.1) is 0 Å². The Morgan fingerprint density at radius 3 is 2.71 bits per heavy atom. The van der Waals surface area contributed by atoms with Crippen LogP contribution in [0.4, 0.5) is 5.82 Å². The summed E-state index contributed by atoms with van der Waals surface area (Å²) in [6, 6.07) is 8.68. The number of nitrogens with one attached hydrogen (secondary N) is 1. The molecule has 0 spiro atoms. The van der Waals surface area contributed by atoms with Gasteiger partial charge >= 0.3 is 0 Å². The van der Waals surface area contributed by atoms with E-state index in [9.17, 15) is 0 Å². The quantitative estimate of drug-likeness (QED) is 0.858. The van der Waals surface area contributed by atoms with Crippen molar-refractivity contribution in [1.29, 1.82) is 0 Å². The van der Waals surface area contributed by atoms with E-state index in [4.69, 9.17) is 4.98 Å². The van der Waals surface area contributed by atoms with Crippen molar-refractivity contribution in [1.82, 2.24) is 10.3 Å². The van der Waals surface area contributed by atoms with Crippen molar-refractivity contribution in [2.24, 2.45) is 0 Å². The van der Waals surface area contributed by atoms with Gasteiger partial charge in [0.2, 0.25) is 0 Å². The van der Waals surface area contributed by atoms with Gasteiger partial charge in [-0.25, -0.2) is 4.98 Å². The van der Waals surface area contributed by atoms with Crippen LogP contribution in [0.15, 0.2) is 30.5 Å². The Balaban J connectivity index is 1.93. The zero-order valence-corrected chi connectivity index (χ0v) is 13.5. The van der Waals surface area contributed by atoms with Crippen molar-refractivity contribution in [3.05, 3.63) is 36.0 Å². The second-order valence-electron chi connectivity index (χ2n) is 5.43. The smallest absolute Gasteiger partial charge is 0.136 e. The fraction of sp³-hybridized carbons (Fsp3) is 0.471. The molecular formula is C17H23N3S. The standard InChI is InChI=1S/C17H23N3S/c1-2-7-18-12-14-13-19-17(20-8-10-21-11-9-20)16-6-4-3-5-15(14)16/h3-6,13,18H,2,7-12H2,1H3. The molecule has 0 radical (unpaired) electrons. The van der Waals surface area contributed by atoms with Crippen LogP contribution in [0.5, 0.6) is 0 Å². The first-order valence-corrected chi connectivity index (χ1v) is 8.95. The minimum atomic E-state index is 0.900. The van der Waals surface area contributed by atoms with E-state index in [1.807, 2.05) is 11.8 Å². The topological polar surface area (TPSA) is 28.2 Å². The zero-order chi connectivity index (χ0) is 14.5. The number of hydrogen-bond donors (Lipinski definition) is 1. The maximum absolute atomic E-state index is 4.79. The summed E-state index contributed by atoms with van der Waals surface area (Å²) in [4.78, 5) is 7.22. The molecule has 0 bridgehead atoms. The monoisotopic (exact) mass is 301 g/mol. The number of fused-ring (bicyclic) bond motifs is 1. The Morgan fingerprint density at radius 1 is 1.19 bits per heavy atom. The first kappa shape index (κ1) is 14.7. The fourth-order valence-corrected chi connectivity index (χ4v) is 3.71. The molecule has 1 aromatic heterocycles. The molecule has 1 aliphatic heterocycles. The minimum absolute atomic E-state index is 0.900. The number of aromatic nitrogens is 1. The maximum atomic E-state index is 4.79. The summed E-state index contributed by atoms with van der Waals surface area (Å²) in [6.07, 6.45) is 3.22. The summed E-state index contributed by atoms with van der Waals surface area (Å²) >= 11 is 2.04. The molecule has 1 aromatic carbocycles. The molecular weight excluding hydrogens is 278 g/mol. The Hall–Kier alpha value is -1.26. The molecule has 0 amide bonds. The molecule has 4 heteroatoms. The van der Waals surface area contributed by atoms with Crippen molar-refractivity contribution in [2.75, 3.05) is 36.0 Å². The summed E-state index contributed by atoms with van der Waals surface area (Å²) < 4.78 is 0. The molecule has 3 rings (SSSR count). The molecule has 1 fully saturated rings. The van der Waals surface area contributed by atoms with E-state index in [1.54, 1.807) is 0 Å². The van der Waals surface area contributed by atoms with Crippen LogP contribution in [0.3, 0.4) is 0 Å². The first-order chi connectivity index (χ1) is 10.4. The Labute approximate surface area is 131 Å². The van der Waals surface area contributed by atoms with Gasteiger partial charge in [0.15, 0.2) is 0 Å². The number of rotatable bonds is 5. The lowest BCUT2D eigenvalue weighted by Crippen LogP contribution is -2.33. The molecule has 21 heavy (non-hydrogen) atoms. The average molecular weight is 301 g/mol. The van der Waals surface area contributed by atoms with E-state index in [-0.39, 0.29) is 0 Å². The van der Waals surface area contributed by atoms with Crippen LogP contribution in [0.1, 0.15) is 18.9 Å². The number of pyridine rings is 1. The van der Waals surface area contributed by atoms with Gasteiger partial charge in [0.1, 0.15) is 5.82 Å². The third-order valence-corrected chi connectivity index (χ3v) is 4.85. The van der Waals surface area contributed by atoms with Gasteiger partial charge in [-0.05, 0) is 23.9 Å². The van der Waals surface area contributed by atoms with Crippen LogP contribution in [-0.2, 0) is 6.54 Å². The average Bonchev–Trinajstić information content (AvgIpc) is 2.56. The molecule has 1 N–H and O–H groups in total. The lowest BCUT2D eigenvalue weighted by Gasteiger charge is -2.28. The summed E-state index contributed by atoms with van der Waals surface area (Å²) in [7, 11) is 0. The highest BCUT2D eigenvalue weighted by Gasteiger charge is 2.16. The highest BCUT2D eigenvalue weighted by atomic mass is 32.2. The number of anilines is 1. The summed E-state index contributed by atoms with van der Waals surface area (Å²) in [6.45, 7) is 6.36. The second kappa shape index (κ2) is 7.14. The fourth-order valence-electron chi connectivity index (χ4n) is 2.80. The van der Waals surface area contributed by atoms with E-state index in [1.165, 1.54) is 27.8 Å². The van der Waals surface area contributed by atoms with Crippen LogP contribution in [0.2, 0.25) is 0 Å². The van der Waals surface area contributed by atoms with E-state index >= 15 is 0 Å². The number of benzene rings is 1. The van der Waals surface area contributed by atoms with E-state index in [0.717, 1.165) is 38.4 Å². The second-order valence-corrected chi connectivity index (χ2v) is 6.65. The Kier molecular flexibility index (Phi) is 4.99. The largest absolute Gasteiger partial charge is 0.354 e. The number of nitrogens with zero attached hydrogens (tertiary/aromatic N) is 2. The van der Waals surface area contributed by atoms with Gasteiger partial charge < -0.3 is 10.2 Å². The van der Waals surface area contributed by atoms with E-state index in [0.29, 0.717) is 0 Å². The van der Waals surface area contributed by atoms with Crippen LogP contribution in [-0.4, -0.2) is 36.1 Å². The first-order valence-electron chi connectivity index (χ1n) is 7.80. The van der Waals surface area contributed by atoms with E-state index < -0.39 is 0 Å². The summed E-state index contributed by atoms with van der Waals surface area (Å²) in [5.41, 5.74) is 1.30. The van der Waals surface area contributed by atoms with Crippen molar-refractivity contribution < 1.29 is 0 Å². The minimum Gasteiger partial charge on any atom is -0.354 e. The third kappa shape index (κ3) is 3.33. The summed E-state index contributed by atoms with van der Waals surface area (Å²) in [5, 5.41) is 6.11. The van der Waals surface area contributed by atoms with Crippen molar-refractivity contribution in [2.45, 2.75) is 19.9 Å². The number of thioether (sulfide) groups is 1. The van der Waals surface area contributed by atoms with Gasteiger partial charge in [0.25, 0.3) is 0 Å². The predicted octanol–water partition coefficient (Wildman–Crippen LogP) is 3.29. The summed E-state index contributed by atoms with van der Waals surface area (Å²) in [5.74, 6) is 3.57. The van der Waals surface area contributed by atoms with Crippen molar-refractivity contribution >= 4 is 28.4 Å². The zero-order valence-electron chi connectivity index (χ0n) is 12.6. The molecule has 112 valence electrons. The van der Waals surface area contributed by atoms with Gasteiger partial charge in [0.05, 0.1) is 0 Å². The normalized spacial score (nSPS) is 15.6. The molecule has 1 aliphatic rings. The SMILES string of the molecule is CCCNCc1cnc(N2CCSCC2)c2ccccc12. The lowest BCUT2D eigenvalue weighted by atomic mass is 10.1. The molecule has 0 atom stereocenters. The van der Waals surface area contributed by atoms with Crippen LogP contribution in [0.25, 0.3) is 10.8 Å². The molecule has 0 unspecified atom stereocenters. The van der Waals surface area contributed by atoms with Gasteiger partial charge in [-0.3, -0.25) is 0 Å². The van der Waals surface area contributed by atoms with Gasteiger partial charge in [0, 0.05) is 42.7 Å². The molecule has 0 saturated carbocycles. The maximum Gasteiger partial charge on any atom is 0.136 e. The predicted molar refractivity (Wildman–Crippen MR) is 93.3 cm³/mol. The van der Waals surface area contributed by atoms with Gasteiger partial charge in [-0.1, -0.05) is 31.2 Å².